The zero-order chi connectivity index (χ0) is 11.0. The van der Waals surface area contributed by atoms with E-state index in [0.29, 0.717) is 18.7 Å². The summed E-state index contributed by atoms with van der Waals surface area (Å²) in [6.07, 6.45) is 2.63. The highest BCUT2D eigenvalue weighted by Crippen LogP contribution is 2.01. The van der Waals surface area contributed by atoms with Crippen molar-refractivity contribution in [1.82, 2.24) is 5.06 Å². The van der Waals surface area contributed by atoms with E-state index in [4.69, 9.17) is 9.94 Å². The van der Waals surface area contributed by atoms with Crippen LogP contribution in [0.4, 0.5) is 0 Å². The first-order chi connectivity index (χ1) is 6.65. The first-order valence-electron chi connectivity index (χ1n) is 4.90. The summed E-state index contributed by atoms with van der Waals surface area (Å²) in [4.78, 5) is 16.4. The SMILES string of the molecule is CCC=C(C)C(=O)ON(CC)CCO. The largest absolute Gasteiger partial charge is 0.395 e. The fourth-order valence-corrected chi connectivity index (χ4v) is 0.959. The quantitative estimate of drug-likeness (QED) is 0.516. The fraction of sp³-hybridized carbons (Fsp3) is 0.700. The van der Waals surface area contributed by atoms with Crippen LogP contribution in [0, 0.1) is 0 Å². The van der Waals surface area contributed by atoms with E-state index >= 15 is 0 Å². The van der Waals surface area contributed by atoms with Crippen LogP contribution in [0.5, 0.6) is 0 Å². The van der Waals surface area contributed by atoms with Crippen LogP contribution in [0.3, 0.4) is 0 Å². The lowest BCUT2D eigenvalue weighted by atomic mass is 10.2. The Morgan fingerprint density at radius 2 is 2.14 bits per heavy atom. The summed E-state index contributed by atoms with van der Waals surface area (Å²) in [5.41, 5.74) is 0.601. The molecule has 0 fully saturated rings. The van der Waals surface area contributed by atoms with Gasteiger partial charge in [-0.15, -0.1) is 5.06 Å². The smallest absolute Gasteiger partial charge is 0.352 e. The minimum Gasteiger partial charge on any atom is -0.395 e. The van der Waals surface area contributed by atoms with E-state index in [1.165, 1.54) is 5.06 Å². The van der Waals surface area contributed by atoms with Crippen molar-refractivity contribution in [3.05, 3.63) is 11.6 Å². The molecule has 0 unspecified atom stereocenters. The standard InChI is InChI=1S/C10H19NO3/c1-4-6-9(3)10(13)14-11(5-2)7-8-12/h6,12H,4-5,7-8H2,1-3H3. The second-order valence-electron chi connectivity index (χ2n) is 2.92. The average Bonchev–Trinajstić information content (AvgIpc) is 2.17. The van der Waals surface area contributed by atoms with Crippen molar-refractivity contribution in [3.8, 4) is 0 Å². The Kier molecular flexibility index (Phi) is 7.06. The van der Waals surface area contributed by atoms with Crippen LogP contribution in [0.1, 0.15) is 27.2 Å². The van der Waals surface area contributed by atoms with Crippen LogP contribution in [0.2, 0.25) is 0 Å². The summed E-state index contributed by atoms with van der Waals surface area (Å²) < 4.78 is 0. The number of nitrogens with zero attached hydrogens (tertiary/aromatic N) is 1. The molecule has 4 nitrogen and oxygen atoms in total. The third-order valence-corrected chi connectivity index (χ3v) is 1.75. The van der Waals surface area contributed by atoms with Crippen molar-refractivity contribution in [2.24, 2.45) is 0 Å². The number of carbonyl (C=O) groups is 1. The number of hydrogen-bond donors (Lipinski definition) is 1. The van der Waals surface area contributed by atoms with E-state index in [1.54, 1.807) is 6.92 Å². The summed E-state index contributed by atoms with van der Waals surface area (Å²) in [7, 11) is 0. The molecule has 0 saturated carbocycles. The molecule has 0 aromatic heterocycles. The summed E-state index contributed by atoms with van der Waals surface area (Å²) in [6, 6.07) is 0. The number of allylic oxidation sites excluding steroid dienone is 1. The van der Waals surface area contributed by atoms with Gasteiger partial charge in [0.2, 0.25) is 0 Å². The predicted molar refractivity (Wildman–Crippen MR) is 54.5 cm³/mol. The highest BCUT2D eigenvalue weighted by atomic mass is 16.7. The van der Waals surface area contributed by atoms with Crippen molar-refractivity contribution in [2.75, 3.05) is 19.7 Å². The van der Waals surface area contributed by atoms with Crippen LogP contribution >= 0.6 is 0 Å². The molecule has 0 aromatic carbocycles. The van der Waals surface area contributed by atoms with Crippen molar-refractivity contribution < 1.29 is 14.7 Å². The molecule has 0 saturated heterocycles. The minimum absolute atomic E-state index is 0.0162. The molecule has 0 spiro atoms. The highest BCUT2D eigenvalue weighted by Gasteiger charge is 2.10. The third-order valence-electron chi connectivity index (χ3n) is 1.75. The Labute approximate surface area is 85.1 Å². The average molecular weight is 201 g/mol. The van der Waals surface area contributed by atoms with Gasteiger partial charge >= 0.3 is 5.97 Å². The summed E-state index contributed by atoms with van der Waals surface area (Å²) >= 11 is 0. The predicted octanol–water partition coefficient (Wildman–Crippen LogP) is 1.12. The first kappa shape index (κ1) is 13.1. The van der Waals surface area contributed by atoms with Crippen LogP contribution < -0.4 is 0 Å². The van der Waals surface area contributed by atoms with E-state index in [1.807, 2.05) is 19.9 Å². The summed E-state index contributed by atoms with van der Waals surface area (Å²) in [5.74, 6) is -0.345. The lowest BCUT2D eigenvalue weighted by Gasteiger charge is -2.18. The van der Waals surface area contributed by atoms with E-state index in [-0.39, 0.29) is 12.6 Å². The second-order valence-corrected chi connectivity index (χ2v) is 2.92. The first-order valence-corrected chi connectivity index (χ1v) is 4.90. The van der Waals surface area contributed by atoms with Gasteiger partial charge < -0.3 is 9.94 Å². The maximum absolute atomic E-state index is 11.4. The van der Waals surface area contributed by atoms with E-state index in [9.17, 15) is 4.79 Å². The molecular formula is C10H19NO3. The van der Waals surface area contributed by atoms with Gasteiger partial charge in [0, 0.05) is 12.1 Å². The van der Waals surface area contributed by atoms with Gasteiger partial charge in [0.1, 0.15) is 0 Å². The third kappa shape index (κ3) is 4.99. The maximum Gasteiger partial charge on any atom is 0.352 e. The lowest BCUT2D eigenvalue weighted by molar-refractivity contribution is -0.186. The zero-order valence-corrected chi connectivity index (χ0v) is 9.12. The molecule has 0 radical (unpaired) electrons. The number of aliphatic hydroxyl groups is 1. The van der Waals surface area contributed by atoms with Gasteiger partial charge in [-0.1, -0.05) is 13.0 Å². The van der Waals surface area contributed by atoms with Gasteiger partial charge in [0.15, 0.2) is 0 Å². The molecule has 0 rings (SSSR count). The van der Waals surface area contributed by atoms with Gasteiger partial charge in [-0.05, 0) is 20.3 Å². The van der Waals surface area contributed by atoms with Crippen LogP contribution in [-0.4, -0.2) is 35.8 Å². The van der Waals surface area contributed by atoms with Crippen LogP contribution in [-0.2, 0) is 9.63 Å². The number of likely N-dealkylation sites (N-methyl/N-ethyl adjacent to an activating group) is 1. The van der Waals surface area contributed by atoms with E-state index < -0.39 is 0 Å². The van der Waals surface area contributed by atoms with Crippen molar-refractivity contribution in [3.63, 3.8) is 0 Å². The topological polar surface area (TPSA) is 49.8 Å². The molecule has 0 atom stereocenters. The molecule has 14 heavy (non-hydrogen) atoms. The fourth-order valence-electron chi connectivity index (χ4n) is 0.959. The molecular weight excluding hydrogens is 182 g/mol. The van der Waals surface area contributed by atoms with Gasteiger partial charge in [0.25, 0.3) is 0 Å². The Bertz CT molecular complexity index is 202. The van der Waals surface area contributed by atoms with Gasteiger partial charge in [0.05, 0.1) is 13.2 Å². The highest BCUT2D eigenvalue weighted by molar-refractivity contribution is 5.87. The summed E-state index contributed by atoms with van der Waals surface area (Å²) in [6.45, 7) is 6.45. The molecule has 0 aromatic rings. The number of hydroxylamine groups is 2. The number of rotatable bonds is 6. The molecule has 0 amide bonds. The zero-order valence-electron chi connectivity index (χ0n) is 9.12. The Hall–Kier alpha value is -0.870. The monoisotopic (exact) mass is 201 g/mol. The second kappa shape index (κ2) is 7.53. The Morgan fingerprint density at radius 1 is 1.50 bits per heavy atom. The molecule has 0 aliphatic rings. The van der Waals surface area contributed by atoms with Crippen molar-refractivity contribution in [2.45, 2.75) is 27.2 Å². The van der Waals surface area contributed by atoms with Crippen LogP contribution in [0.15, 0.2) is 11.6 Å². The van der Waals surface area contributed by atoms with Crippen molar-refractivity contribution >= 4 is 5.97 Å². The van der Waals surface area contributed by atoms with Crippen molar-refractivity contribution in [1.29, 1.82) is 0 Å². The Balaban J connectivity index is 4.08. The normalized spacial score (nSPS) is 11.9. The molecule has 1 N–H and O–H groups in total. The molecule has 0 aliphatic carbocycles. The van der Waals surface area contributed by atoms with Gasteiger partial charge in [-0.25, -0.2) is 4.79 Å². The maximum atomic E-state index is 11.4. The van der Waals surface area contributed by atoms with E-state index in [0.717, 1.165) is 6.42 Å². The minimum atomic E-state index is -0.345. The number of hydrogen-bond acceptors (Lipinski definition) is 4. The van der Waals surface area contributed by atoms with Gasteiger partial charge in [-0.2, -0.15) is 0 Å². The van der Waals surface area contributed by atoms with E-state index in [2.05, 4.69) is 0 Å². The van der Waals surface area contributed by atoms with Gasteiger partial charge in [-0.3, -0.25) is 0 Å². The number of carbonyl (C=O) groups excluding carboxylic acids is 1. The molecule has 82 valence electrons. The molecule has 0 bridgehead atoms. The lowest BCUT2D eigenvalue weighted by Crippen LogP contribution is -2.30. The number of aliphatic hydroxyl groups excluding tert-OH is 1. The molecule has 0 aliphatic heterocycles. The Morgan fingerprint density at radius 3 is 2.57 bits per heavy atom. The molecule has 0 heterocycles. The van der Waals surface area contributed by atoms with Crippen LogP contribution in [0.25, 0.3) is 0 Å². The molecule has 4 heteroatoms. The summed E-state index contributed by atoms with van der Waals surface area (Å²) in [5, 5.41) is 10.1.